The molecule has 1 heteroatoms. The Kier molecular flexibility index (Phi) is 3.17. The first-order valence-corrected chi connectivity index (χ1v) is 8.47. The van der Waals surface area contributed by atoms with Crippen LogP contribution in [-0.4, -0.2) is 0 Å². The van der Waals surface area contributed by atoms with Gasteiger partial charge in [-0.3, -0.25) is 0 Å². The lowest BCUT2D eigenvalue weighted by Crippen LogP contribution is -1.81. The quantitative estimate of drug-likeness (QED) is 0.344. The topological polar surface area (TPSA) is 13.1 Å². The molecule has 5 rings (SSSR count). The molecule has 0 atom stereocenters. The summed E-state index contributed by atoms with van der Waals surface area (Å²) in [5.41, 5.74) is 4.37. The minimum absolute atomic E-state index is 0.927. The maximum absolute atomic E-state index is 6.35. The van der Waals surface area contributed by atoms with Gasteiger partial charge in [0.1, 0.15) is 11.3 Å². The lowest BCUT2D eigenvalue weighted by Gasteiger charge is -2.05. The molecule has 0 saturated heterocycles. The van der Waals surface area contributed by atoms with Crippen LogP contribution in [0, 0.1) is 0 Å². The Hall–Kier alpha value is -3.32. The van der Waals surface area contributed by atoms with Crippen molar-refractivity contribution in [3.63, 3.8) is 0 Å². The van der Waals surface area contributed by atoms with E-state index in [2.05, 4.69) is 84.9 Å². The molecular weight excluding hydrogens is 304 g/mol. The smallest absolute Gasteiger partial charge is 0.143 e. The van der Waals surface area contributed by atoms with Crippen LogP contribution in [0.15, 0.2) is 101 Å². The molecule has 0 radical (unpaired) electrons. The third-order valence-corrected chi connectivity index (χ3v) is 4.68. The van der Waals surface area contributed by atoms with E-state index in [1.165, 1.54) is 27.3 Å². The summed E-state index contributed by atoms with van der Waals surface area (Å²) in [5, 5.41) is 3.64. The van der Waals surface area contributed by atoms with E-state index < -0.39 is 0 Å². The van der Waals surface area contributed by atoms with Crippen LogP contribution in [0.5, 0.6) is 0 Å². The van der Waals surface area contributed by atoms with E-state index in [0.29, 0.717) is 0 Å². The van der Waals surface area contributed by atoms with Gasteiger partial charge in [-0.2, -0.15) is 0 Å². The van der Waals surface area contributed by atoms with Gasteiger partial charge in [-0.1, -0.05) is 91.0 Å². The molecule has 118 valence electrons. The van der Waals surface area contributed by atoms with Crippen LogP contribution in [0.3, 0.4) is 0 Å². The highest BCUT2D eigenvalue weighted by Gasteiger charge is 2.19. The summed E-state index contributed by atoms with van der Waals surface area (Å²) in [6, 6.07) is 33.5. The molecule has 1 nitrogen and oxygen atoms in total. The number of benzene rings is 4. The Morgan fingerprint density at radius 2 is 1.16 bits per heavy atom. The highest BCUT2D eigenvalue weighted by Crippen LogP contribution is 2.43. The molecule has 5 aromatic rings. The predicted molar refractivity (Wildman–Crippen MR) is 105 cm³/mol. The highest BCUT2D eigenvalue weighted by atomic mass is 16.3. The van der Waals surface area contributed by atoms with E-state index in [-0.39, 0.29) is 0 Å². The molecule has 0 amide bonds. The SMILES string of the molecule is c1ccc(-c2oc3ccc4ccccc4c3c2-c2ccccc2)cc1. The lowest BCUT2D eigenvalue weighted by molar-refractivity contribution is 0.632. The number of hydrogen-bond acceptors (Lipinski definition) is 1. The van der Waals surface area contributed by atoms with E-state index >= 15 is 0 Å². The summed E-state index contributed by atoms with van der Waals surface area (Å²) in [4.78, 5) is 0. The Morgan fingerprint density at radius 1 is 0.520 bits per heavy atom. The molecule has 0 aliphatic rings. The summed E-state index contributed by atoms with van der Waals surface area (Å²) in [7, 11) is 0. The van der Waals surface area contributed by atoms with Crippen molar-refractivity contribution in [3.8, 4) is 22.5 Å². The maximum atomic E-state index is 6.35. The van der Waals surface area contributed by atoms with Crippen molar-refractivity contribution >= 4 is 21.7 Å². The van der Waals surface area contributed by atoms with Gasteiger partial charge in [0.15, 0.2) is 0 Å². The molecule has 0 unspecified atom stereocenters. The van der Waals surface area contributed by atoms with Gasteiger partial charge in [-0.25, -0.2) is 0 Å². The second kappa shape index (κ2) is 5.64. The van der Waals surface area contributed by atoms with Crippen LogP contribution in [0.25, 0.3) is 44.2 Å². The van der Waals surface area contributed by atoms with Crippen molar-refractivity contribution in [2.75, 3.05) is 0 Å². The summed E-state index contributed by atoms with van der Waals surface area (Å²) in [6.07, 6.45) is 0. The minimum Gasteiger partial charge on any atom is -0.455 e. The second-order valence-corrected chi connectivity index (χ2v) is 6.20. The van der Waals surface area contributed by atoms with Gasteiger partial charge in [-0.15, -0.1) is 0 Å². The van der Waals surface area contributed by atoms with E-state index in [0.717, 1.165) is 16.9 Å². The molecule has 4 aromatic carbocycles. The average Bonchev–Trinajstić information content (AvgIpc) is 3.09. The van der Waals surface area contributed by atoms with Gasteiger partial charge in [0.25, 0.3) is 0 Å². The van der Waals surface area contributed by atoms with Gasteiger partial charge in [0.05, 0.1) is 0 Å². The third-order valence-electron chi connectivity index (χ3n) is 4.68. The van der Waals surface area contributed by atoms with E-state index in [9.17, 15) is 0 Å². The first-order chi connectivity index (χ1) is 12.4. The van der Waals surface area contributed by atoms with Crippen LogP contribution in [0.1, 0.15) is 0 Å². The monoisotopic (exact) mass is 320 g/mol. The number of hydrogen-bond donors (Lipinski definition) is 0. The van der Waals surface area contributed by atoms with Crippen LogP contribution in [0.4, 0.5) is 0 Å². The molecular formula is C24H16O. The fourth-order valence-corrected chi connectivity index (χ4v) is 3.54. The Balaban J connectivity index is 1.96. The van der Waals surface area contributed by atoms with Crippen molar-refractivity contribution in [2.24, 2.45) is 0 Å². The van der Waals surface area contributed by atoms with Crippen LogP contribution >= 0.6 is 0 Å². The van der Waals surface area contributed by atoms with Gasteiger partial charge in [0.2, 0.25) is 0 Å². The molecule has 25 heavy (non-hydrogen) atoms. The maximum Gasteiger partial charge on any atom is 0.143 e. The summed E-state index contributed by atoms with van der Waals surface area (Å²) < 4.78 is 6.35. The first kappa shape index (κ1) is 14.1. The van der Waals surface area contributed by atoms with Gasteiger partial charge >= 0.3 is 0 Å². The molecule has 0 bridgehead atoms. The number of rotatable bonds is 2. The first-order valence-electron chi connectivity index (χ1n) is 8.47. The van der Waals surface area contributed by atoms with Gasteiger partial charge in [0, 0.05) is 16.5 Å². The summed E-state index contributed by atoms with van der Waals surface area (Å²) in [5.74, 6) is 0.929. The zero-order valence-corrected chi connectivity index (χ0v) is 13.6. The second-order valence-electron chi connectivity index (χ2n) is 6.20. The fraction of sp³-hybridized carbons (Fsp3) is 0. The zero-order valence-electron chi connectivity index (χ0n) is 13.6. The highest BCUT2D eigenvalue weighted by molar-refractivity contribution is 6.16. The lowest BCUT2D eigenvalue weighted by atomic mass is 9.95. The van der Waals surface area contributed by atoms with E-state index in [1.807, 2.05) is 12.1 Å². The molecule has 0 aliphatic carbocycles. The average molecular weight is 320 g/mol. The molecule has 0 fully saturated rings. The van der Waals surface area contributed by atoms with Crippen molar-refractivity contribution in [1.82, 2.24) is 0 Å². The number of furan rings is 1. The zero-order chi connectivity index (χ0) is 16.6. The fourth-order valence-electron chi connectivity index (χ4n) is 3.54. The molecule has 0 N–H and O–H groups in total. The minimum atomic E-state index is 0.927. The molecule has 0 aliphatic heterocycles. The van der Waals surface area contributed by atoms with Crippen LogP contribution in [-0.2, 0) is 0 Å². The largest absolute Gasteiger partial charge is 0.455 e. The summed E-state index contributed by atoms with van der Waals surface area (Å²) in [6.45, 7) is 0. The van der Waals surface area contributed by atoms with Gasteiger partial charge in [-0.05, 0) is 22.4 Å². The van der Waals surface area contributed by atoms with Crippen molar-refractivity contribution in [1.29, 1.82) is 0 Å². The normalized spacial score (nSPS) is 11.2. The third kappa shape index (κ3) is 2.25. The number of fused-ring (bicyclic) bond motifs is 3. The van der Waals surface area contributed by atoms with Crippen molar-refractivity contribution in [2.45, 2.75) is 0 Å². The van der Waals surface area contributed by atoms with E-state index in [4.69, 9.17) is 4.42 Å². The van der Waals surface area contributed by atoms with E-state index in [1.54, 1.807) is 0 Å². The predicted octanol–water partition coefficient (Wildman–Crippen LogP) is 6.92. The molecule has 0 saturated carbocycles. The molecule has 1 heterocycles. The molecule has 0 spiro atoms. The Bertz CT molecular complexity index is 1170. The van der Waals surface area contributed by atoms with Crippen molar-refractivity contribution < 1.29 is 4.42 Å². The Morgan fingerprint density at radius 3 is 1.92 bits per heavy atom. The summed E-state index contributed by atoms with van der Waals surface area (Å²) >= 11 is 0. The van der Waals surface area contributed by atoms with Crippen molar-refractivity contribution in [3.05, 3.63) is 97.1 Å². The van der Waals surface area contributed by atoms with Crippen LogP contribution < -0.4 is 0 Å². The standard InChI is InChI=1S/C24H16O/c1-3-10-18(11-4-1)22-23-20-14-8-7-9-17(20)15-16-21(23)25-24(22)19-12-5-2-6-13-19/h1-16H. The Labute approximate surface area is 146 Å². The van der Waals surface area contributed by atoms with Gasteiger partial charge < -0.3 is 4.42 Å². The molecule has 1 aromatic heterocycles. The van der Waals surface area contributed by atoms with Crippen LogP contribution in [0.2, 0.25) is 0 Å².